The first-order chi connectivity index (χ1) is 15.1. The van der Waals surface area contributed by atoms with Gasteiger partial charge in [-0.15, -0.1) is 0 Å². The molecule has 0 N–H and O–H groups in total. The second-order valence-electron chi connectivity index (χ2n) is 8.54. The monoisotopic (exact) mass is 419 g/mol. The average Bonchev–Trinajstić information content (AvgIpc) is 3.16. The lowest BCUT2D eigenvalue weighted by Gasteiger charge is -2.44. The van der Waals surface area contributed by atoms with E-state index in [-0.39, 0.29) is 11.5 Å². The maximum atomic E-state index is 13.0. The molecule has 2 aliphatic heterocycles. The number of ether oxygens (including phenoxy) is 1. The predicted molar refractivity (Wildman–Crippen MR) is 118 cm³/mol. The number of benzene rings is 1. The highest BCUT2D eigenvalue weighted by Crippen LogP contribution is 2.40. The Kier molecular flexibility index (Phi) is 5.22. The fraction of sp³-hybridized carbons (Fsp3) is 0.500. The number of rotatable bonds is 4. The third-order valence-electron chi connectivity index (χ3n) is 6.69. The second-order valence-corrected chi connectivity index (χ2v) is 8.54. The Balaban J connectivity index is 1.26. The van der Waals surface area contributed by atoms with Gasteiger partial charge in [0.15, 0.2) is 0 Å². The van der Waals surface area contributed by atoms with E-state index in [2.05, 4.69) is 22.5 Å². The van der Waals surface area contributed by atoms with E-state index >= 15 is 0 Å². The summed E-state index contributed by atoms with van der Waals surface area (Å²) in [5, 5.41) is 0. The van der Waals surface area contributed by atoms with Crippen molar-refractivity contribution in [3.05, 3.63) is 53.4 Å². The summed E-state index contributed by atoms with van der Waals surface area (Å²) in [6.45, 7) is 6.79. The van der Waals surface area contributed by atoms with Gasteiger partial charge in [0, 0.05) is 38.7 Å². The lowest BCUT2D eigenvalue weighted by molar-refractivity contribution is -0.141. The van der Waals surface area contributed by atoms with E-state index in [0.29, 0.717) is 32.7 Å². The summed E-state index contributed by atoms with van der Waals surface area (Å²) in [7, 11) is 0. The number of aromatic nitrogens is 4. The van der Waals surface area contributed by atoms with Crippen molar-refractivity contribution in [3.8, 4) is 0 Å². The van der Waals surface area contributed by atoms with Crippen LogP contribution in [-0.2, 0) is 34.5 Å². The van der Waals surface area contributed by atoms with E-state index < -0.39 is 0 Å². The number of para-hydroxylation sites is 2. The van der Waals surface area contributed by atoms with Crippen LogP contribution in [0.1, 0.15) is 49.1 Å². The average molecular weight is 420 g/mol. The van der Waals surface area contributed by atoms with E-state index in [4.69, 9.17) is 14.7 Å². The molecule has 1 amide bonds. The zero-order chi connectivity index (χ0) is 21.4. The number of fused-ring (bicyclic) bond motifs is 3. The van der Waals surface area contributed by atoms with Crippen molar-refractivity contribution < 1.29 is 9.53 Å². The number of amides is 1. The second kappa shape index (κ2) is 8.04. The molecule has 5 rings (SSSR count). The lowest BCUT2D eigenvalue weighted by atomic mass is 9.83. The van der Waals surface area contributed by atoms with Gasteiger partial charge in [0.1, 0.15) is 17.2 Å². The van der Waals surface area contributed by atoms with Crippen molar-refractivity contribution in [1.82, 2.24) is 24.4 Å². The molecule has 0 radical (unpaired) electrons. The van der Waals surface area contributed by atoms with Crippen molar-refractivity contribution >= 4 is 16.9 Å². The highest BCUT2D eigenvalue weighted by molar-refractivity contribution is 5.78. The first kappa shape index (κ1) is 20.1. The normalized spacial score (nSPS) is 17.8. The van der Waals surface area contributed by atoms with Crippen LogP contribution in [0.15, 0.2) is 30.5 Å². The number of likely N-dealkylation sites (tertiary alicyclic amines) is 1. The Morgan fingerprint density at radius 1 is 1.19 bits per heavy atom. The summed E-state index contributed by atoms with van der Waals surface area (Å²) in [6.07, 6.45) is 5.72. The van der Waals surface area contributed by atoms with Crippen LogP contribution in [0.3, 0.4) is 0 Å². The first-order valence-electron chi connectivity index (χ1n) is 11.3. The third-order valence-corrected chi connectivity index (χ3v) is 6.69. The van der Waals surface area contributed by atoms with Gasteiger partial charge in [0.05, 0.1) is 23.3 Å². The van der Waals surface area contributed by atoms with E-state index in [9.17, 15) is 4.79 Å². The topological polar surface area (TPSA) is 73.1 Å². The fourth-order valence-electron chi connectivity index (χ4n) is 5.01. The van der Waals surface area contributed by atoms with E-state index in [1.807, 2.05) is 36.2 Å². The Bertz CT molecular complexity index is 1110. The summed E-state index contributed by atoms with van der Waals surface area (Å²) in [5.41, 5.74) is 3.96. The Morgan fingerprint density at radius 2 is 2.00 bits per heavy atom. The summed E-state index contributed by atoms with van der Waals surface area (Å²) >= 11 is 0. The molecule has 0 unspecified atom stereocenters. The van der Waals surface area contributed by atoms with Crippen LogP contribution < -0.4 is 0 Å². The van der Waals surface area contributed by atoms with Crippen molar-refractivity contribution in [2.45, 2.75) is 58.1 Å². The Hall–Kier alpha value is -2.80. The molecule has 162 valence electrons. The summed E-state index contributed by atoms with van der Waals surface area (Å²) in [4.78, 5) is 28.8. The summed E-state index contributed by atoms with van der Waals surface area (Å²) in [6, 6.07) is 8.15. The van der Waals surface area contributed by atoms with Gasteiger partial charge in [-0.1, -0.05) is 19.1 Å². The van der Waals surface area contributed by atoms with Gasteiger partial charge in [0.25, 0.3) is 0 Å². The van der Waals surface area contributed by atoms with E-state index in [1.165, 1.54) is 5.56 Å². The molecule has 2 aromatic heterocycles. The largest absolute Gasteiger partial charge is 0.368 e. The van der Waals surface area contributed by atoms with Crippen LogP contribution in [0.4, 0.5) is 0 Å². The van der Waals surface area contributed by atoms with E-state index in [1.54, 1.807) is 0 Å². The van der Waals surface area contributed by atoms with Crippen molar-refractivity contribution in [3.63, 3.8) is 0 Å². The molecule has 0 aliphatic carbocycles. The van der Waals surface area contributed by atoms with Crippen LogP contribution in [0.25, 0.3) is 11.0 Å². The van der Waals surface area contributed by atoms with Gasteiger partial charge in [-0.25, -0.2) is 15.0 Å². The van der Waals surface area contributed by atoms with Gasteiger partial charge in [0.2, 0.25) is 5.91 Å². The number of aryl methyl sites for hydroxylation is 3. The number of hydrogen-bond acceptors (Lipinski definition) is 5. The minimum Gasteiger partial charge on any atom is -0.368 e. The smallest absolute Gasteiger partial charge is 0.224 e. The quantitative estimate of drug-likeness (QED) is 0.649. The standard InChI is InChI=1S/C24H29N5O2/c1-3-21-27-19-6-4-5-7-20(19)29(21)12-8-22(30)28-13-10-24(11-14-28)23-18(9-15-31-24)16-25-17(2)26-23/h4-7,16H,3,8-15H2,1-2H3. The number of carbonyl (C=O) groups is 1. The first-order valence-corrected chi connectivity index (χ1v) is 11.3. The van der Waals surface area contributed by atoms with Crippen LogP contribution in [-0.4, -0.2) is 50.0 Å². The van der Waals surface area contributed by atoms with Crippen LogP contribution in [0, 0.1) is 6.92 Å². The number of imidazole rings is 1. The molecular formula is C24H29N5O2. The Morgan fingerprint density at radius 3 is 2.81 bits per heavy atom. The molecule has 4 heterocycles. The molecule has 2 aliphatic rings. The highest BCUT2D eigenvalue weighted by Gasteiger charge is 2.43. The predicted octanol–water partition coefficient (Wildman–Crippen LogP) is 3.18. The molecule has 3 aromatic rings. The molecule has 1 spiro atoms. The van der Waals surface area contributed by atoms with Crippen LogP contribution in [0.5, 0.6) is 0 Å². The Labute approximate surface area is 182 Å². The van der Waals surface area contributed by atoms with Crippen LogP contribution in [0.2, 0.25) is 0 Å². The molecule has 0 bridgehead atoms. The van der Waals surface area contributed by atoms with Crippen LogP contribution >= 0.6 is 0 Å². The van der Waals surface area contributed by atoms with Gasteiger partial charge in [-0.2, -0.15) is 0 Å². The number of piperidine rings is 1. The molecule has 31 heavy (non-hydrogen) atoms. The maximum absolute atomic E-state index is 13.0. The maximum Gasteiger partial charge on any atom is 0.224 e. The number of hydrogen-bond donors (Lipinski definition) is 0. The SMILES string of the molecule is CCc1nc2ccccc2n1CCC(=O)N1CCC2(CC1)OCCc1cnc(C)nc12. The third kappa shape index (κ3) is 3.61. The van der Waals surface area contributed by atoms with Crippen molar-refractivity contribution in [1.29, 1.82) is 0 Å². The zero-order valence-corrected chi connectivity index (χ0v) is 18.3. The molecule has 7 heteroatoms. The molecular weight excluding hydrogens is 390 g/mol. The number of carbonyl (C=O) groups excluding carboxylic acids is 1. The van der Waals surface area contributed by atoms with Gasteiger partial charge >= 0.3 is 0 Å². The lowest BCUT2D eigenvalue weighted by Crippen LogP contribution is -2.49. The molecule has 0 saturated carbocycles. The van der Waals surface area contributed by atoms with Gasteiger partial charge < -0.3 is 14.2 Å². The summed E-state index contributed by atoms with van der Waals surface area (Å²) in [5.74, 6) is 2.01. The van der Waals surface area contributed by atoms with Gasteiger partial charge in [-0.05, 0) is 43.9 Å². The number of nitrogens with zero attached hydrogens (tertiary/aromatic N) is 5. The molecule has 1 fully saturated rings. The minimum absolute atomic E-state index is 0.199. The molecule has 1 aromatic carbocycles. The van der Waals surface area contributed by atoms with E-state index in [0.717, 1.165) is 54.1 Å². The van der Waals surface area contributed by atoms with Crippen molar-refractivity contribution in [2.75, 3.05) is 19.7 Å². The highest BCUT2D eigenvalue weighted by atomic mass is 16.5. The fourth-order valence-corrected chi connectivity index (χ4v) is 5.01. The minimum atomic E-state index is -0.367. The summed E-state index contributed by atoms with van der Waals surface area (Å²) < 4.78 is 8.47. The zero-order valence-electron chi connectivity index (χ0n) is 18.3. The molecule has 1 saturated heterocycles. The molecule has 0 atom stereocenters. The molecule has 7 nitrogen and oxygen atoms in total. The van der Waals surface area contributed by atoms with Gasteiger partial charge in [-0.3, -0.25) is 4.79 Å². The van der Waals surface area contributed by atoms with Crippen molar-refractivity contribution in [2.24, 2.45) is 0 Å².